The molecule has 8 heteroatoms. The second-order valence-electron chi connectivity index (χ2n) is 16.9. The topological polar surface area (TPSA) is 124 Å². The van der Waals surface area contributed by atoms with Gasteiger partial charge in [-0.15, -0.1) is 0 Å². The van der Waals surface area contributed by atoms with Crippen molar-refractivity contribution in [1.29, 1.82) is 0 Å². The Kier molecular flexibility index (Phi) is 12.7. The number of ether oxygens (including phenoxy) is 2. The number of ketones is 4. The van der Waals surface area contributed by atoms with Crippen molar-refractivity contribution in [3.8, 4) is 0 Å². The van der Waals surface area contributed by atoms with Crippen LogP contribution in [0.15, 0.2) is 22.8 Å². The van der Waals surface area contributed by atoms with Crippen molar-refractivity contribution in [3.63, 3.8) is 0 Å². The van der Waals surface area contributed by atoms with E-state index in [-0.39, 0.29) is 78.9 Å². The molecule has 274 valence electrons. The van der Waals surface area contributed by atoms with Crippen molar-refractivity contribution in [3.05, 3.63) is 22.8 Å². The first kappa shape index (κ1) is 39.3. The minimum atomic E-state index is -1.59. The van der Waals surface area contributed by atoms with Crippen LogP contribution in [0.4, 0.5) is 0 Å². The third kappa shape index (κ3) is 8.38. The molecule has 0 aromatic rings. The van der Waals surface area contributed by atoms with Gasteiger partial charge in [0, 0.05) is 61.7 Å². The first-order valence-corrected chi connectivity index (χ1v) is 18.9. The molecule has 4 rings (SSSR count). The van der Waals surface area contributed by atoms with Gasteiger partial charge in [0.1, 0.15) is 23.1 Å². The number of carbonyl (C=O) groups is 5. The second-order valence-corrected chi connectivity index (χ2v) is 16.9. The van der Waals surface area contributed by atoms with E-state index in [1.165, 1.54) is 7.11 Å². The maximum absolute atomic E-state index is 14.7. The average Bonchev–Trinajstić information content (AvgIpc) is 3.33. The summed E-state index contributed by atoms with van der Waals surface area (Å²) in [5.41, 5.74) is -0.123. The summed E-state index contributed by atoms with van der Waals surface area (Å²) >= 11 is 0. The fourth-order valence-corrected chi connectivity index (χ4v) is 9.28. The molecule has 1 saturated heterocycles. The first-order chi connectivity index (χ1) is 22.9. The molecule has 1 N–H and O–H groups in total. The molecule has 0 spiro atoms. The number of methoxy groups -OCH3 is 1. The van der Waals surface area contributed by atoms with E-state index in [4.69, 9.17) is 9.47 Å². The number of carbonyl (C=O) groups excluding carboxylic acids is 5. The van der Waals surface area contributed by atoms with Crippen LogP contribution in [0.5, 0.6) is 0 Å². The number of aliphatic hydroxyl groups is 1. The van der Waals surface area contributed by atoms with Crippen LogP contribution in [0.1, 0.15) is 132 Å². The van der Waals surface area contributed by atoms with Crippen LogP contribution in [0.25, 0.3) is 0 Å². The van der Waals surface area contributed by atoms with Crippen LogP contribution in [0, 0.1) is 46.8 Å². The van der Waals surface area contributed by atoms with Crippen molar-refractivity contribution in [2.75, 3.05) is 7.11 Å². The monoisotopic (exact) mass is 682 g/mol. The quantitative estimate of drug-likeness (QED) is 0.237. The summed E-state index contributed by atoms with van der Waals surface area (Å²) in [6.07, 6.45) is 5.84. The third-order valence-corrected chi connectivity index (χ3v) is 12.6. The zero-order valence-electron chi connectivity index (χ0n) is 31.6. The lowest BCUT2D eigenvalue weighted by molar-refractivity contribution is -0.167. The number of hydrogen-bond acceptors (Lipinski definition) is 8. The molecule has 0 radical (unpaired) electrons. The van der Waals surface area contributed by atoms with E-state index in [9.17, 15) is 29.1 Å². The maximum atomic E-state index is 14.7. The van der Waals surface area contributed by atoms with E-state index < -0.39 is 46.9 Å². The van der Waals surface area contributed by atoms with Crippen LogP contribution >= 0.6 is 0 Å². The van der Waals surface area contributed by atoms with E-state index >= 15 is 0 Å². The summed E-state index contributed by atoms with van der Waals surface area (Å²) in [6, 6.07) is 0. The molecule has 0 aromatic carbocycles. The van der Waals surface area contributed by atoms with Gasteiger partial charge in [0.25, 0.3) is 0 Å². The number of hydrogen-bond donors (Lipinski definition) is 1. The number of esters is 1. The molecule has 2 heterocycles. The van der Waals surface area contributed by atoms with E-state index in [1.807, 2.05) is 54.5 Å². The molecule has 2 aliphatic heterocycles. The minimum absolute atomic E-state index is 0.0391. The molecule has 0 aromatic heterocycles. The van der Waals surface area contributed by atoms with E-state index in [1.54, 1.807) is 6.92 Å². The SMILES string of the molecule is COC(=O)[C@]12CC(=O)[C@H](C(C)C)CC(=O)[C@H](C)CCC[C@H](C)CC(=O)[C@H]1CC(C)=C1[C@H]3C[C@](C)(O)[C@@H](CC[C@H](C)C(=O)CCC(C)=C[C@@H]12)O3. The highest BCUT2D eigenvalue weighted by Gasteiger charge is 2.61. The summed E-state index contributed by atoms with van der Waals surface area (Å²) in [6.45, 7) is 15.5. The number of fused-ring (bicyclic) bond motifs is 6. The predicted molar refractivity (Wildman–Crippen MR) is 188 cm³/mol. The predicted octanol–water partition coefficient (Wildman–Crippen LogP) is 7.34. The molecule has 0 amide bonds. The molecule has 1 saturated carbocycles. The number of allylic oxidation sites excluding steroid dienone is 3. The molecule has 4 aliphatic rings. The van der Waals surface area contributed by atoms with E-state index in [0.717, 1.165) is 36.0 Å². The van der Waals surface area contributed by atoms with E-state index in [0.29, 0.717) is 25.7 Å². The van der Waals surface area contributed by atoms with Gasteiger partial charge in [-0.1, -0.05) is 64.7 Å². The Morgan fingerprint density at radius 3 is 2.22 bits per heavy atom. The van der Waals surface area contributed by atoms with Crippen LogP contribution in [0.2, 0.25) is 0 Å². The smallest absolute Gasteiger partial charge is 0.313 e. The standard InChI is InChI=1S/C41H62O8/c1-23(2)29-20-33(43)26(5)12-10-11-24(3)18-34(44)30-19-28(7)38-31(41(30,21-35(29)45)39(46)48-9)17-25(4)13-15-32(42)27(6)14-16-37-40(8,47)22-36(38)49-37/h17,23-24,26-27,29-31,36-37,47H,10-16,18-22H2,1-9H3/t24-,26+,27-,29-,30+,31-,36+,37+,40-,41+/m0/s1. The molecule has 49 heavy (non-hydrogen) atoms. The van der Waals surface area contributed by atoms with Gasteiger partial charge in [0.15, 0.2) is 0 Å². The Morgan fingerprint density at radius 2 is 1.57 bits per heavy atom. The molecule has 2 fully saturated rings. The lowest BCUT2D eigenvalue weighted by Gasteiger charge is -2.49. The van der Waals surface area contributed by atoms with Gasteiger partial charge in [-0.25, -0.2) is 0 Å². The van der Waals surface area contributed by atoms with E-state index in [2.05, 4.69) is 0 Å². The van der Waals surface area contributed by atoms with Crippen LogP contribution in [0.3, 0.4) is 0 Å². The van der Waals surface area contributed by atoms with Crippen molar-refractivity contribution < 1.29 is 38.6 Å². The molecule has 8 nitrogen and oxygen atoms in total. The summed E-state index contributed by atoms with van der Waals surface area (Å²) in [4.78, 5) is 70.7. The Labute approximate surface area is 294 Å². The summed E-state index contributed by atoms with van der Waals surface area (Å²) < 4.78 is 12.3. The molecule has 10 atom stereocenters. The van der Waals surface area contributed by atoms with Gasteiger partial charge in [0.2, 0.25) is 0 Å². The van der Waals surface area contributed by atoms with Gasteiger partial charge in [-0.3, -0.25) is 24.0 Å². The van der Waals surface area contributed by atoms with Gasteiger partial charge < -0.3 is 14.6 Å². The van der Waals surface area contributed by atoms with Crippen molar-refractivity contribution in [2.24, 2.45) is 46.8 Å². The fraction of sp³-hybridized carbons (Fsp3) is 0.780. The Hall–Kier alpha value is -2.45. The molecule has 0 unspecified atom stereocenters. The molecule has 2 bridgehead atoms. The lowest BCUT2D eigenvalue weighted by Crippen LogP contribution is -2.54. The van der Waals surface area contributed by atoms with Crippen molar-refractivity contribution >= 4 is 29.1 Å². The summed E-state index contributed by atoms with van der Waals surface area (Å²) in [5, 5.41) is 11.7. The van der Waals surface area contributed by atoms with Crippen molar-refractivity contribution in [1.82, 2.24) is 0 Å². The van der Waals surface area contributed by atoms with Gasteiger partial charge >= 0.3 is 5.97 Å². The third-order valence-electron chi connectivity index (χ3n) is 12.6. The minimum Gasteiger partial charge on any atom is -0.469 e. The highest BCUT2D eigenvalue weighted by Crippen LogP contribution is 2.57. The molecular formula is C41H62O8. The van der Waals surface area contributed by atoms with Gasteiger partial charge in [-0.05, 0) is 70.3 Å². The molecule has 2 aliphatic carbocycles. The second kappa shape index (κ2) is 15.8. The van der Waals surface area contributed by atoms with Crippen LogP contribution < -0.4 is 0 Å². The van der Waals surface area contributed by atoms with Gasteiger partial charge in [0.05, 0.1) is 30.3 Å². The summed E-state index contributed by atoms with van der Waals surface area (Å²) in [7, 11) is 1.32. The Morgan fingerprint density at radius 1 is 0.898 bits per heavy atom. The first-order valence-electron chi connectivity index (χ1n) is 18.9. The largest absolute Gasteiger partial charge is 0.469 e. The number of Topliss-reactive ketones (excluding diaryl/α,β-unsaturated/α-hetero) is 4. The Balaban J connectivity index is 1.99. The Bertz CT molecular complexity index is 1350. The van der Waals surface area contributed by atoms with Gasteiger partial charge in [-0.2, -0.15) is 0 Å². The lowest BCUT2D eigenvalue weighted by atomic mass is 9.53. The normalized spacial score (nSPS) is 39.2. The zero-order valence-corrected chi connectivity index (χ0v) is 31.6. The van der Waals surface area contributed by atoms with Crippen LogP contribution in [-0.4, -0.2) is 59.1 Å². The summed E-state index contributed by atoms with van der Waals surface area (Å²) in [5.74, 6) is -3.37. The number of rotatable bonds is 2. The average molecular weight is 683 g/mol. The molecular weight excluding hydrogens is 620 g/mol. The fourth-order valence-electron chi connectivity index (χ4n) is 9.28. The highest BCUT2D eigenvalue weighted by molar-refractivity contribution is 5.97. The highest BCUT2D eigenvalue weighted by atomic mass is 16.5. The zero-order chi connectivity index (χ0) is 36.4. The van der Waals surface area contributed by atoms with Crippen LogP contribution in [-0.2, 0) is 33.4 Å². The maximum Gasteiger partial charge on any atom is 0.313 e. The van der Waals surface area contributed by atoms with Crippen molar-refractivity contribution in [2.45, 2.75) is 150 Å².